The van der Waals surface area contributed by atoms with E-state index in [-0.39, 0.29) is 18.2 Å². The van der Waals surface area contributed by atoms with Gasteiger partial charge >= 0.3 is 0 Å². The molecule has 0 unspecified atom stereocenters. The summed E-state index contributed by atoms with van der Waals surface area (Å²) in [6.07, 6.45) is 1.44. The highest BCUT2D eigenvalue weighted by Crippen LogP contribution is 2.31. The lowest BCUT2D eigenvalue weighted by Gasteiger charge is -2.24. The van der Waals surface area contributed by atoms with Crippen molar-refractivity contribution in [1.82, 2.24) is 4.90 Å². The van der Waals surface area contributed by atoms with E-state index in [0.717, 1.165) is 23.4 Å². The molecule has 4 rings (SSSR count). The molecule has 222 valence electrons. The summed E-state index contributed by atoms with van der Waals surface area (Å²) in [5.41, 5.74) is 3.29. The molecule has 0 aliphatic carbocycles. The molecule has 3 aromatic rings. The number of anilines is 3. The zero-order valence-electron chi connectivity index (χ0n) is 24.8. The summed E-state index contributed by atoms with van der Waals surface area (Å²) >= 11 is 5.85. The van der Waals surface area contributed by atoms with E-state index in [1.807, 2.05) is 85.4 Å². The smallest absolute Gasteiger partial charge is 0.256 e. The lowest BCUT2D eigenvalue weighted by atomic mass is 10.1. The molecule has 1 saturated heterocycles. The average Bonchev–Trinajstić information content (AvgIpc) is 3.23. The van der Waals surface area contributed by atoms with Crippen molar-refractivity contribution in [3.63, 3.8) is 0 Å². The fourth-order valence-corrected chi connectivity index (χ4v) is 5.17. The first-order valence-corrected chi connectivity index (χ1v) is 14.3. The van der Waals surface area contributed by atoms with Gasteiger partial charge in [0.2, 0.25) is 5.91 Å². The molecule has 0 bridgehead atoms. The van der Waals surface area contributed by atoms with Gasteiger partial charge in [-0.3, -0.25) is 14.5 Å². The second kappa shape index (κ2) is 14.0. The first kappa shape index (κ1) is 30.6. The van der Waals surface area contributed by atoms with Crippen LogP contribution in [0.1, 0.15) is 25.3 Å². The Morgan fingerprint density at radius 3 is 2.29 bits per heavy atom. The number of carbonyl (C=O) groups excluding carboxylic acids is 2. The first-order valence-electron chi connectivity index (χ1n) is 13.9. The number of hydrogen-bond donors (Lipinski definition) is 1. The van der Waals surface area contributed by atoms with Crippen LogP contribution in [0.3, 0.4) is 0 Å². The SMILES string of the molecule is CCCOc1ccc(NC(=O)C[C@@H]2C(=O)N(c3ccc(N(C)C)cc3)C(=S)N2CCc2ccc(OC)c(OC)c2)cc1. The third kappa shape index (κ3) is 7.12. The Balaban J connectivity index is 1.54. The minimum Gasteiger partial charge on any atom is -0.494 e. The van der Waals surface area contributed by atoms with Crippen LogP contribution in [0.15, 0.2) is 66.7 Å². The molecule has 0 radical (unpaired) electrons. The van der Waals surface area contributed by atoms with Crippen molar-refractivity contribution in [2.75, 3.05) is 56.6 Å². The van der Waals surface area contributed by atoms with Gasteiger partial charge < -0.3 is 29.3 Å². The Morgan fingerprint density at radius 2 is 1.67 bits per heavy atom. The topological polar surface area (TPSA) is 83.6 Å². The Hall–Kier alpha value is -4.31. The van der Waals surface area contributed by atoms with Crippen LogP contribution in [-0.2, 0) is 16.0 Å². The lowest BCUT2D eigenvalue weighted by Crippen LogP contribution is -2.39. The summed E-state index contributed by atoms with van der Waals surface area (Å²) in [5.74, 6) is 1.49. The van der Waals surface area contributed by atoms with Crippen LogP contribution in [-0.4, -0.2) is 69.3 Å². The predicted octanol–water partition coefficient (Wildman–Crippen LogP) is 5.13. The third-order valence-electron chi connectivity index (χ3n) is 7.02. The first-order chi connectivity index (χ1) is 20.2. The van der Waals surface area contributed by atoms with Crippen molar-refractivity contribution < 1.29 is 23.8 Å². The van der Waals surface area contributed by atoms with Crippen molar-refractivity contribution in [3.8, 4) is 17.2 Å². The largest absolute Gasteiger partial charge is 0.494 e. The van der Waals surface area contributed by atoms with Gasteiger partial charge in [-0.15, -0.1) is 0 Å². The maximum Gasteiger partial charge on any atom is 0.256 e. The number of ether oxygens (including phenoxy) is 3. The predicted molar refractivity (Wildman–Crippen MR) is 170 cm³/mol. The van der Waals surface area contributed by atoms with Crippen molar-refractivity contribution in [2.24, 2.45) is 0 Å². The van der Waals surface area contributed by atoms with Crippen LogP contribution in [0.2, 0.25) is 0 Å². The molecule has 1 N–H and O–H groups in total. The monoisotopic (exact) mass is 590 g/mol. The summed E-state index contributed by atoms with van der Waals surface area (Å²) in [6.45, 7) is 3.11. The molecule has 10 heteroatoms. The molecule has 1 fully saturated rings. The highest BCUT2D eigenvalue weighted by atomic mass is 32.1. The van der Waals surface area contributed by atoms with E-state index in [4.69, 9.17) is 26.4 Å². The molecule has 0 aromatic heterocycles. The van der Waals surface area contributed by atoms with Gasteiger partial charge in [-0.25, -0.2) is 0 Å². The Bertz CT molecular complexity index is 1400. The second-order valence-corrected chi connectivity index (χ2v) is 10.5. The summed E-state index contributed by atoms with van der Waals surface area (Å²) in [5, 5.41) is 3.28. The average molecular weight is 591 g/mol. The van der Waals surface area contributed by atoms with Crippen molar-refractivity contribution >= 4 is 46.2 Å². The number of hydrogen-bond acceptors (Lipinski definition) is 7. The van der Waals surface area contributed by atoms with Crippen LogP contribution in [0, 0.1) is 0 Å². The van der Waals surface area contributed by atoms with E-state index in [2.05, 4.69) is 5.32 Å². The number of carbonyl (C=O) groups is 2. The normalized spacial score (nSPS) is 14.6. The van der Waals surface area contributed by atoms with E-state index >= 15 is 0 Å². The van der Waals surface area contributed by atoms with E-state index < -0.39 is 6.04 Å². The molecule has 0 spiro atoms. The van der Waals surface area contributed by atoms with Gasteiger partial charge in [0, 0.05) is 32.0 Å². The molecule has 1 heterocycles. The molecule has 3 aromatic carbocycles. The van der Waals surface area contributed by atoms with E-state index in [1.54, 1.807) is 26.4 Å². The molecule has 42 heavy (non-hydrogen) atoms. The standard InChI is InChI=1S/C32H38N4O5S/c1-6-19-41-26-14-8-23(9-15-26)33-30(37)21-27-31(38)36(25-12-10-24(11-13-25)34(2)3)32(42)35(27)18-17-22-7-16-28(39-4)29(20-22)40-5/h7-16,20,27H,6,17-19,21H2,1-5H3,(H,33,37)/t27-/m1/s1. The zero-order chi connectivity index (χ0) is 30.2. The molecule has 9 nitrogen and oxygen atoms in total. The summed E-state index contributed by atoms with van der Waals surface area (Å²) < 4.78 is 16.4. The molecular formula is C32H38N4O5S. The zero-order valence-corrected chi connectivity index (χ0v) is 25.6. The highest BCUT2D eigenvalue weighted by molar-refractivity contribution is 7.80. The number of rotatable bonds is 13. The number of benzene rings is 3. The third-order valence-corrected chi connectivity index (χ3v) is 7.44. The number of methoxy groups -OCH3 is 2. The quantitative estimate of drug-likeness (QED) is 0.275. The molecule has 0 saturated carbocycles. The van der Waals surface area contributed by atoms with Crippen LogP contribution in [0.5, 0.6) is 17.2 Å². The molecular weight excluding hydrogens is 552 g/mol. The summed E-state index contributed by atoms with van der Waals surface area (Å²) in [6, 6.07) is 19.8. The van der Waals surface area contributed by atoms with Gasteiger partial charge in [0.15, 0.2) is 16.6 Å². The van der Waals surface area contributed by atoms with Gasteiger partial charge in [0.1, 0.15) is 11.8 Å². The van der Waals surface area contributed by atoms with E-state index in [9.17, 15) is 9.59 Å². The van der Waals surface area contributed by atoms with Gasteiger partial charge in [-0.1, -0.05) is 13.0 Å². The highest BCUT2D eigenvalue weighted by Gasteiger charge is 2.44. The number of thiocarbonyl (C=S) groups is 1. The summed E-state index contributed by atoms with van der Waals surface area (Å²) in [7, 11) is 7.10. The van der Waals surface area contributed by atoms with E-state index in [1.165, 1.54) is 4.90 Å². The second-order valence-electron chi connectivity index (χ2n) is 10.1. The number of nitrogens with zero attached hydrogens (tertiary/aromatic N) is 3. The fourth-order valence-electron chi connectivity index (χ4n) is 4.75. The number of amides is 2. The maximum absolute atomic E-state index is 13.8. The molecule has 1 aliphatic rings. The van der Waals surface area contributed by atoms with Crippen molar-refractivity contribution in [1.29, 1.82) is 0 Å². The molecule has 2 amide bonds. The van der Waals surface area contributed by atoms with Crippen LogP contribution >= 0.6 is 12.2 Å². The molecule has 1 atom stereocenters. The van der Waals surface area contributed by atoms with Crippen molar-refractivity contribution in [2.45, 2.75) is 32.2 Å². The van der Waals surface area contributed by atoms with Gasteiger partial charge in [-0.2, -0.15) is 0 Å². The van der Waals surface area contributed by atoms with E-state index in [0.29, 0.717) is 47.6 Å². The van der Waals surface area contributed by atoms with Crippen molar-refractivity contribution in [3.05, 3.63) is 72.3 Å². The van der Waals surface area contributed by atoms with Crippen LogP contribution in [0.25, 0.3) is 0 Å². The van der Waals surface area contributed by atoms with Crippen LogP contribution < -0.4 is 29.3 Å². The summed E-state index contributed by atoms with van der Waals surface area (Å²) in [4.78, 5) is 32.4. The lowest BCUT2D eigenvalue weighted by molar-refractivity contribution is -0.124. The number of nitrogens with one attached hydrogen (secondary N) is 1. The Morgan fingerprint density at radius 1 is 0.976 bits per heavy atom. The Labute approximate surface area is 253 Å². The fraction of sp³-hybridized carbons (Fsp3) is 0.344. The molecule has 1 aliphatic heterocycles. The van der Waals surface area contributed by atoms with Gasteiger partial charge in [-0.05, 0) is 91.3 Å². The van der Waals surface area contributed by atoms with Crippen LogP contribution in [0.4, 0.5) is 17.1 Å². The minimum absolute atomic E-state index is 0.0503. The minimum atomic E-state index is -0.752. The van der Waals surface area contributed by atoms with Gasteiger partial charge in [0.25, 0.3) is 5.91 Å². The maximum atomic E-state index is 13.8. The van der Waals surface area contributed by atoms with Gasteiger partial charge in [0.05, 0.1) is 32.9 Å². The Kier molecular flexibility index (Phi) is 10.2.